The summed E-state index contributed by atoms with van der Waals surface area (Å²) in [6, 6.07) is 14.5. The lowest BCUT2D eigenvalue weighted by Crippen LogP contribution is -2.69. The fraction of sp³-hybridized carbons (Fsp3) is 0.211. The van der Waals surface area contributed by atoms with Gasteiger partial charge in [0, 0.05) is 12.5 Å². The van der Waals surface area contributed by atoms with E-state index >= 15 is 0 Å². The monoisotopic (exact) mass is 384 g/mol. The standard InChI is InChI=1S/C19H17N3O4S/c1-20-19(21-12-7-8-14-15(9-12)26-11-25-14)27-16-10-17(23)22(18(16)24)13-5-3-2-4-6-13/h2-9,16H,10-11H2,1H3,(H,20,21)/p+1. The van der Waals surface area contributed by atoms with Crippen molar-refractivity contribution in [3.05, 3.63) is 48.5 Å². The molecule has 1 atom stereocenters. The van der Waals surface area contributed by atoms with Crippen LogP contribution in [0.15, 0.2) is 48.5 Å². The normalized spacial score (nSPS) is 18.9. The lowest BCUT2D eigenvalue weighted by Gasteiger charge is -2.14. The highest BCUT2D eigenvalue weighted by Crippen LogP contribution is 2.35. The number of amides is 2. The van der Waals surface area contributed by atoms with E-state index in [1.54, 1.807) is 19.2 Å². The smallest absolute Gasteiger partial charge is 0.309 e. The topological polar surface area (TPSA) is 81.8 Å². The van der Waals surface area contributed by atoms with E-state index in [0.29, 0.717) is 22.4 Å². The summed E-state index contributed by atoms with van der Waals surface area (Å²) in [4.78, 5) is 29.4. The second-order valence-corrected chi connectivity index (χ2v) is 7.20. The molecule has 27 heavy (non-hydrogen) atoms. The Morgan fingerprint density at radius 1 is 1.15 bits per heavy atom. The molecule has 2 aromatic rings. The van der Waals surface area contributed by atoms with Gasteiger partial charge in [0.2, 0.25) is 18.6 Å². The van der Waals surface area contributed by atoms with Crippen molar-refractivity contribution in [1.82, 2.24) is 0 Å². The number of nitrogens with zero attached hydrogens (tertiary/aromatic N) is 1. The van der Waals surface area contributed by atoms with E-state index in [-0.39, 0.29) is 25.0 Å². The van der Waals surface area contributed by atoms with Gasteiger partial charge in [-0.25, -0.2) is 10.2 Å². The molecular weight excluding hydrogens is 366 g/mol. The van der Waals surface area contributed by atoms with E-state index < -0.39 is 5.25 Å². The Bertz CT molecular complexity index is 916. The molecule has 1 saturated heterocycles. The van der Waals surface area contributed by atoms with Crippen molar-refractivity contribution >= 4 is 40.1 Å². The van der Waals surface area contributed by atoms with Crippen LogP contribution < -0.4 is 24.7 Å². The van der Waals surface area contributed by atoms with Crippen molar-refractivity contribution in [3.8, 4) is 11.5 Å². The van der Waals surface area contributed by atoms with E-state index in [1.807, 2.05) is 36.4 Å². The summed E-state index contributed by atoms with van der Waals surface area (Å²) < 4.78 is 10.7. The summed E-state index contributed by atoms with van der Waals surface area (Å²) in [5.41, 5.74) is 1.40. The number of fused-ring (bicyclic) bond motifs is 1. The number of nitrogens with one attached hydrogen (secondary N) is 2. The van der Waals surface area contributed by atoms with Crippen LogP contribution in [0.5, 0.6) is 11.5 Å². The molecule has 0 saturated carbocycles. The molecule has 2 heterocycles. The van der Waals surface area contributed by atoms with E-state index in [2.05, 4.69) is 10.3 Å². The van der Waals surface area contributed by atoms with Crippen LogP contribution in [0, 0.1) is 0 Å². The SMILES string of the molecule is C[NH+]=C(Nc1ccc2c(c1)OCO2)SC1CC(=O)N(c2ccccc2)C1=O. The Labute approximate surface area is 160 Å². The highest BCUT2D eigenvalue weighted by Gasteiger charge is 2.41. The third kappa shape index (κ3) is 3.48. The van der Waals surface area contributed by atoms with E-state index in [0.717, 1.165) is 5.69 Å². The van der Waals surface area contributed by atoms with Gasteiger partial charge >= 0.3 is 5.17 Å². The number of rotatable bonds is 3. The number of hydrogen-bond donors (Lipinski definition) is 2. The molecule has 0 radical (unpaired) electrons. The summed E-state index contributed by atoms with van der Waals surface area (Å²) in [7, 11) is 1.76. The second kappa shape index (κ2) is 7.32. The van der Waals surface area contributed by atoms with Crippen LogP contribution in [0.2, 0.25) is 0 Å². The maximum absolute atomic E-state index is 12.8. The highest BCUT2D eigenvalue weighted by atomic mass is 32.2. The Balaban J connectivity index is 1.46. The molecule has 2 aliphatic rings. The molecule has 7 nitrogen and oxygen atoms in total. The Hall–Kier alpha value is -3.00. The maximum Gasteiger partial charge on any atom is 0.309 e. The molecule has 4 rings (SSSR count). The third-order valence-corrected chi connectivity index (χ3v) is 5.43. The van der Waals surface area contributed by atoms with Crippen molar-refractivity contribution in [2.75, 3.05) is 24.1 Å². The van der Waals surface area contributed by atoms with Crippen molar-refractivity contribution in [1.29, 1.82) is 0 Å². The molecule has 2 amide bonds. The number of para-hydroxylation sites is 1. The number of hydrogen-bond acceptors (Lipinski definition) is 5. The van der Waals surface area contributed by atoms with Crippen LogP contribution >= 0.6 is 11.8 Å². The molecule has 0 bridgehead atoms. The number of carbonyl (C=O) groups excluding carboxylic acids is 2. The quantitative estimate of drug-likeness (QED) is 0.466. The van der Waals surface area contributed by atoms with Crippen molar-refractivity contribution < 1.29 is 24.1 Å². The summed E-state index contributed by atoms with van der Waals surface area (Å²) >= 11 is 1.30. The molecule has 0 aromatic heterocycles. The van der Waals surface area contributed by atoms with Gasteiger partial charge < -0.3 is 9.47 Å². The fourth-order valence-corrected chi connectivity index (χ4v) is 3.95. The molecule has 1 fully saturated rings. The van der Waals surface area contributed by atoms with Gasteiger partial charge in [0.25, 0.3) is 0 Å². The van der Waals surface area contributed by atoms with Gasteiger partial charge in [-0.2, -0.15) is 0 Å². The largest absolute Gasteiger partial charge is 0.454 e. The molecule has 138 valence electrons. The number of thioether (sulfide) groups is 1. The molecule has 2 N–H and O–H groups in total. The van der Waals surface area contributed by atoms with Gasteiger partial charge in [-0.3, -0.25) is 14.6 Å². The third-order valence-electron chi connectivity index (χ3n) is 4.24. The summed E-state index contributed by atoms with van der Waals surface area (Å²) in [5.74, 6) is 0.968. The number of benzene rings is 2. The average molecular weight is 384 g/mol. The average Bonchev–Trinajstić information content (AvgIpc) is 3.25. The zero-order valence-electron chi connectivity index (χ0n) is 14.6. The number of ether oxygens (including phenoxy) is 2. The fourth-order valence-electron chi connectivity index (χ4n) is 2.94. The number of imide groups is 1. The van der Waals surface area contributed by atoms with Crippen molar-refractivity contribution in [2.24, 2.45) is 0 Å². The van der Waals surface area contributed by atoms with E-state index in [9.17, 15) is 9.59 Å². The minimum Gasteiger partial charge on any atom is -0.454 e. The van der Waals surface area contributed by atoms with E-state index in [1.165, 1.54) is 16.7 Å². The van der Waals surface area contributed by atoms with Gasteiger partial charge in [0.15, 0.2) is 11.5 Å². The minimum atomic E-state index is -0.485. The van der Waals surface area contributed by atoms with Crippen LogP contribution in [0.4, 0.5) is 11.4 Å². The van der Waals surface area contributed by atoms with Crippen LogP contribution in [-0.4, -0.2) is 36.1 Å². The lowest BCUT2D eigenvalue weighted by molar-refractivity contribution is -0.416. The van der Waals surface area contributed by atoms with Crippen LogP contribution in [-0.2, 0) is 9.59 Å². The number of carbonyl (C=O) groups is 2. The minimum absolute atomic E-state index is 0.159. The Morgan fingerprint density at radius 2 is 1.93 bits per heavy atom. The predicted octanol–water partition coefficient (Wildman–Crippen LogP) is 0.959. The molecule has 2 aliphatic heterocycles. The van der Waals surface area contributed by atoms with Crippen molar-refractivity contribution in [2.45, 2.75) is 11.7 Å². The molecule has 1 unspecified atom stereocenters. The summed E-state index contributed by atoms with van der Waals surface area (Å²) in [6.45, 7) is 0.212. The van der Waals surface area contributed by atoms with Crippen LogP contribution in [0.1, 0.15) is 6.42 Å². The molecule has 0 spiro atoms. The summed E-state index contributed by atoms with van der Waals surface area (Å²) in [5, 5.41) is 3.42. The Kier molecular flexibility index (Phi) is 4.72. The first-order valence-corrected chi connectivity index (χ1v) is 9.33. The second-order valence-electron chi connectivity index (χ2n) is 5.99. The first-order valence-electron chi connectivity index (χ1n) is 8.45. The molecule has 2 aromatic carbocycles. The molecule has 0 aliphatic carbocycles. The van der Waals surface area contributed by atoms with Gasteiger partial charge in [0.05, 0.1) is 12.7 Å². The first-order chi connectivity index (χ1) is 13.2. The van der Waals surface area contributed by atoms with Crippen LogP contribution in [0.25, 0.3) is 0 Å². The zero-order chi connectivity index (χ0) is 18.8. The number of anilines is 2. The summed E-state index contributed by atoms with van der Waals surface area (Å²) in [6.07, 6.45) is 0.159. The molecular formula is C19H18N3O4S+. The van der Waals surface area contributed by atoms with Crippen molar-refractivity contribution in [3.63, 3.8) is 0 Å². The van der Waals surface area contributed by atoms with Gasteiger partial charge in [0.1, 0.15) is 10.9 Å². The van der Waals surface area contributed by atoms with Gasteiger partial charge in [-0.1, -0.05) is 18.2 Å². The van der Waals surface area contributed by atoms with Gasteiger partial charge in [-0.05, 0) is 36.0 Å². The van der Waals surface area contributed by atoms with Crippen LogP contribution in [0.3, 0.4) is 0 Å². The highest BCUT2D eigenvalue weighted by molar-refractivity contribution is 8.15. The molecule has 8 heteroatoms. The van der Waals surface area contributed by atoms with E-state index in [4.69, 9.17) is 9.47 Å². The lowest BCUT2D eigenvalue weighted by atomic mass is 10.3. The van der Waals surface area contributed by atoms with Gasteiger partial charge in [-0.15, -0.1) is 0 Å². The predicted molar refractivity (Wildman–Crippen MR) is 103 cm³/mol. The first kappa shape index (κ1) is 17.4. The maximum atomic E-state index is 12.8. The zero-order valence-corrected chi connectivity index (χ0v) is 15.4. The number of amidine groups is 1. The Morgan fingerprint density at radius 3 is 2.70 bits per heavy atom.